The van der Waals surface area contributed by atoms with E-state index in [1.165, 1.54) is 7.11 Å². The average molecular weight is 354 g/mol. The molecule has 20 heavy (non-hydrogen) atoms. The molecule has 0 radical (unpaired) electrons. The standard InChI is InChI=1S/C16H14BrClO2/c1-20-16(19)15(17)10-11-2-4-12(5-3-11)13-6-8-14(18)9-7-13/h2-9,15H,10H2,1H3. The van der Waals surface area contributed by atoms with Crippen LogP contribution in [0.2, 0.25) is 5.02 Å². The lowest BCUT2D eigenvalue weighted by atomic mass is 10.0. The van der Waals surface area contributed by atoms with E-state index >= 15 is 0 Å². The molecule has 0 aliphatic heterocycles. The van der Waals surface area contributed by atoms with Gasteiger partial charge in [-0.3, -0.25) is 4.79 Å². The Bertz CT molecular complexity index is 578. The third-order valence-corrected chi connectivity index (χ3v) is 3.95. The van der Waals surface area contributed by atoms with Gasteiger partial charge < -0.3 is 4.74 Å². The second-order valence-corrected chi connectivity index (χ2v) is 5.94. The fraction of sp³-hybridized carbons (Fsp3) is 0.188. The number of benzene rings is 2. The summed E-state index contributed by atoms with van der Waals surface area (Å²) in [5.74, 6) is -0.258. The molecular weight excluding hydrogens is 340 g/mol. The highest BCUT2D eigenvalue weighted by Crippen LogP contribution is 2.22. The molecule has 2 nitrogen and oxygen atoms in total. The average Bonchev–Trinajstić information content (AvgIpc) is 2.48. The molecule has 0 spiro atoms. The Labute approximate surface area is 131 Å². The van der Waals surface area contributed by atoms with Gasteiger partial charge in [-0.25, -0.2) is 0 Å². The summed E-state index contributed by atoms with van der Waals surface area (Å²) >= 11 is 9.20. The van der Waals surface area contributed by atoms with Crippen molar-refractivity contribution < 1.29 is 9.53 Å². The Morgan fingerprint density at radius 3 is 2.10 bits per heavy atom. The van der Waals surface area contributed by atoms with Crippen LogP contribution in [0.4, 0.5) is 0 Å². The number of hydrogen-bond acceptors (Lipinski definition) is 2. The number of methoxy groups -OCH3 is 1. The molecule has 2 rings (SSSR count). The zero-order chi connectivity index (χ0) is 14.5. The van der Waals surface area contributed by atoms with Crippen LogP contribution >= 0.6 is 27.5 Å². The van der Waals surface area contributed by atoms with Gasteiger partial charge in [0.1, 0.15) is 4.83 Å². The Kier molecular flexibility index (Phi) is 5.21. The van der Waals surface area contributed by atoms with Crippen LogP contribution in [0.15, 0.2) is 48.5 Å². The van der Waals surface area contributed by atoms with Gasteiger partial charge in [0.2, 0.25) is 0 Å². The summed E-state index contributed by atoms with van der Waals surface area (Å²) in [6.07, 6.45) is 0.605. The Hall–Kier alpha value is -1.32. The van der Waals surface area contributed by atoms with Crippen molar-refractivity contribution in [3.8, 4) is 11.1 Å². The zero-order valence-corrected chi connectivity index (χ0v) is 13.3. The molecule has 0 aromatic heterocycles. The van der Waals surface area contributed by atoms with Crippen LogP contribution in [0.25, 0.3) is 11.1 Å². The van der Waals surface area contributed by atoms with Gasteiger partial charge in [-0.1, -0.05) is 63.9 Å². The van der Waals surface area contributed by atoms with Gasteiger partial charge in [0.05, 0.1) is 7.11 Å². The van der Waals surface area contributed by atoms with E-state index in [0.717, 1.165) is 21.7 Å². The lowest BCUT2D eigenvalue weighted by Crippen LogP contribution is -2.17. The summed E-state index contributed by atoms with van der Waals surface area (Å²) in [4.78, 5) is 11.0. The minimum atomic E-state index is -0.311. The maximum Gasteiger partial charge on any atom is 0.319 e. The number of alkyl halides is 1. The molecule has 0 saturated heterocycles. The Morgan fingerprint density at radius 1 is 1.10 bits per heavy atom. The van der Waals surface area contributed by atoms with E-state index in [-0.39, 0.29) is 10.8 Å². The quantitative estimate of drug-likeness (QED) is 0.598. The van der Waals surface area contributed by atoms with E-state index < -0.39 is 0 Å². The normalized spacial score (nSPS) is 11.9. The molecule has 4 heteroatoms. The lowest BCUT2D eigenvalue weighted by Gasteiger charge is -2.08. The molecule has 0 heterocycles. The third kappa shape index (κ3) is 3.84. The first-order valence-corrected chi connectivity index (χ1v) is 7.46. The summed E-state index contributed by atoms with van der Waals surface area (Å²) in [7, 11) is 1.39. The summed E-state index contributed by atoms with van der Waals surface area (Å²) in [6, 6.07) is 15.8. The smallest absolute Gasteiger partial charge is 0.319 e. The van der Waals surface area contributed by atoms with Crippen molar-refractivity contribution in [1.82, 2.24) is 0 Å². The maximum absolute atomic E-state index is 11.4. The third-order valence-electron chi connectivity index (χ3n) is 3.00. The van der Waals surface area contributed by atoms with Gasteiger partial charge in [-0.2, -0.15) is 0 Å². The number of esters is 1. The van der Waals surface area contributed by atoms with Crippen molar-refractivity contribution in [1.29, 1.82) is 0 Å². The monoisotopic (exact) mass is 352 g/mol. The molecule has 0 bridgehead atoms. The second kappa shape index (κ2) is 6.91. The summed E-state index contributed by atoms with van der Waals surface area (Å²) in [5, 5.41) is 0.727. The van der Waals surface area contributed by atoms with Crippen LogP contribution in [0.5, 0.6) is 0 Å². The van der Waals surface area contributed by atoms with Crippen LogP contribution < -0.4 is 0 Å². The summed E-state index contributed by atoms with van der Waals surface area (Å²) in [6.45, 7) is 0. The molecule has 0 fully saturated rings. The van der Waals surface area contributed by atoms with E-state index in [1.807, 2.05) is 48.5 Å². The fourth-order valence-corrected chi connectivity index (χ4v) is 2.58. The van der Waals surface area contributed by atoms with Gasteiger partial charge in [0.15, 0.2) is 0 Å². The van der Waals surface area contributed by atoms with Crippen molar-refractivity contribution in [2.75, 3.05) is 7.11 Å². The van der Waals surface area contributed by atoms with Gasteiger partial charge in [0, 0.05) is 5.02 Å². The highest BCUT2D eigenvalue weighted by Gasteiger charge is 2.15. The van der Waals surface area contributed by atoms with E-state index in [0.29, 0.717) is 6.42 Å². The van der Waals surface area contributed by atoms with Gasteiger partial charge in [-0.15, -0.1) is 0 Å². The van der Waals surface area contributed by atoms with E-state index in [2.05, 4.69) is 15.9 Å². The fourth-order valence-electron chi connectivity index (χ4n) is 1.89. The SMILES string of the molecule is COC(=O)C(Br)Cc1ccc(-c2ccc(Cl)cc2)cc1. The summed E-state index contributed by atoms with van der Waals surface area (Å²) in [5.41, 5.74) is 3.31. The number of carbonyl (C=O) groups excluding carboxylic acids is 1. The second-order valence-electron chi connectivity index (χ2n) is 4.40. The van der Waals surface area contributed by atoms with Crippen molar-refractivity contribution in [2.45, 2.75) is 11.2 Å². The predicted octanol–water partition coefficient (Wildman–Crippen LogP) is 4.49. The van der Waals surface area contributed by atoms with Crippen LogP contribution in [0.3, 0.4) is 0 Å². The van der Waals surface area contributed by atoms with E-state index in [9.17, 15) is 4.79 Å². The van der Waals surface area contributed by atoms with Crippen LogP contribution in [-0.4, -0.2) is 17.9 Å². The molecular formula is C16H14BrClO2. The Balaban J connectivity index is 2.10. The molecule has 2 aromatic carbocycles. The first kappa shape index (κ1) is 15.1. The topological polar surface area (TPSA) is 26.3 Å². The molecule has 2 aromatic rings. The predicted molar refractivity (Wildman–Crippen MR) is 85.3 cm³/mol. The molecule has 0 aliphatic carbocycles. The van der Waals surface area contributed by atoms with Crippen LogP contribution in [0, 0.1) is 0 Å². The minimum Gasteiger partial charge on any atom is -0.468 e. The first-order chi connectivity index (χ1) is 9.60. The Morgan fingerprint density at radius 2 is 1.60 bits per heavy atom. The maximum atomic E-state index is 11.4. The molecule has 0 amide bonds. The molecule has 0 aliphatic rings. The molecule has 0 saturated carbocycles. The number of rotatable bonds is 4. The highest BCUT2D eigenvalue weighted by molar-refractivity contribution is 9.10. The number of carbonyl (C=O) groups is 1. The van der Waals surface area contributed by atoms with Crippen molar-refractivity contribution in [3.05, 3.63) is 59.1 Å². The van der Waals surface area contributed by atoms with Gasteiger partial charge in [0.25, 0.3) is 0 Å². The van der Waals surface area contributed by atoms with Crippen molar-refractivity contribution in [2.24, 2.45) is 0 Å². The lowest BCUT2D eigenvalue weighted by molar-refractivity contribution is -0.139. The largest absolute Gasteiger partial charge is 0.468 e. The van der Waals surface area contributed by atoms with Crippen molar-refractivity contribution in [3.63, 3.8) is 0 Å². The van der Waals surface area contributed by atoms with E-state index in [4.69, 9.17) is 16.3 Å². The number of hydrogen-bond donors (Lipinski definition) is 0. The highest BCUT2D eigenvalue weighted by atomic mass is 79.9. The molecule has 1 unspecified atom stereocenters. The zero-order valence-electron chi connectivity index (χ0n) is 11.0. The van der Waals surface area contributed by atoms with E-state index in [1.54, 1.807) is 0 Å². The molecule has 1 atom stereocenters. The van der Waals surface area contributed by atoms with Crippen molar-refractivity contribution >= 4 is 33.5 Å². The molecule has 104 valence electrons. The first-order valence-electron chi connectivity index (χ1n) is 6.17. The number of ether oxygens (including phenoxy) is 1. The van der Waals surface area contributed by atoms with Crippen LogP contribution in [-0.2, 0) is 16.0 Å². The minimum absolute atomic E-state index is 0.258. The van der Waals surface area contributed by atoms with Crippen LogP contribution in [0.1, 0.15) is 5.56 Å². The number of halogens is 2. The molecule has 0 N–H and O–H groups in total. The van der Waals surface area contributed by atoms with Gasteiger partial charge in [-0.05, 0) is 35.2 Å². The summed E-state index contributed by atoms with van der Waals surface area (Å²) < 4.78 is 4.69. The van der Waals surface area contributed by atoms with Gasteiger partial charge >= 0.3 is 5.97 Å².